The van der Waals surface area contributed by atoms with Gasteiger partial charge in [0.25, 0.3) is 0 Å². The molecule has 0 spiro atoms. The molecule has 0 bridgehead atoms. The smallest absolute Gasteiger partial charge is 0.305 e. The first-order valence-electron chi connectivity index (χ1n) is 13.0. The Kier molecular flexibility index (Phi) is 22.6. The van der Waals surface area contributed by atoms with E-state index in [0.29, 0.717) is 19.6 Å². The average Bonchev–Trinajstić information content (AvgIpc) is 2.78. The highest BCUT2D eigenvalue weighted by molar-refractivity contribution is 5.69. The maximum atomic E-state index is 11.7. The summed E-state index contributed by atoms with van der Waals surface area (Å²) in [5, 5.41) is 0. The zero-order valence-corrected chi connectivity index (χ0v) is 21.6. The van der Waals surface area contributed by atoms with Gasteiger partial charge in [0.05, 0.1) is 18.8 Å². The van der Waals surface area contributed by atoms with Crippen molar-refractivity contribution >= 4 is 5.97 Å². The van der Waals surface area contributed by atoms with Crippen LogP contribution in [0.2, 0.25) is 0 Å². The minimum Gasteiger partial charge on any atom is -0.463 e. The molecule has 0 aliphatic rings. The number of carbonyl (C=O) groups is 1. The van der Waals surface area contributed by atoms with Crippen LogP contribution >= 0.6 is 0 Å². The molecule has 0 aromatic rings. The van der Waals surface area contributed by atoms with Crippen LogP contribution in [0.5, 0.6) is 0 Å². The zero-order chi connectivity index (χ0) is 23.8. The third-order valence-electron chi connectivity index (χ3n) is 5.70. The third kappa shape index (κ3) is 23.7. The number of hydrogen-bond acceptors (Lipinski definition) is 5. The first-order valence-corrected chi connectivity index (χ1v) is 13.0. The maximum absolute atomic E-state index is 11.7. The van der Waals surface area contributed by atoms with E-state index in [4.69, 9.17) is 18.9 Å². The summed E-state index contributed by atoms with van der Waals surface area (Å²) in [6.45, 7) is 7.75. The summed E-state index contributed by atoms with van der Waals surface area (Å²) in [4.78, 5) is 11.7. The molecule has 0 unspecified atom stereocenters. The molecule has 5 nitrogen and oxygen atoms in total. The lowest BCUT2D eigenvalue weighted by Crippen LogP contribution is -2.24. The molecule has 0 fully saturated rings. The molecule has 5 heteroatoms. The fourth-order valence-electron chi connectivity index (χ4n) is 3.22. The van der Waals surface area contributed by atoms with Gasteiger partial charge in [-0.2, -0.15) is 0 Å². The molecular formula is C27H52O5. The summed E-state index contributed by atoms with van der Waals surface area (Å²) in [5.74, 6) is -0.131. The molecule has 0 saturated heterocycles. The molecule has 0 aliphatic carbocycles. The van der Waals surface area contributed by atoms with Gasteiger partial charge < -0.3 is 18.9 Å². The normalized spacial score (nSPS) is 12.0. The van der Waals surface area contributed by atoms with Crippen molar-refractivity contribution in [3.8, 4) is 0 Å². The standard InChI is InChI=1S/C27H52O5/c1-5-6-7-8-9-10-11-12-13-14-15-16-17-18-19-20-26(28)32-24-23-31-25-30-22-21-27(2,3)29-4/h12-13H,5-11,14-25H2,1-4H3/b13-12-. The van der Waals surface area contributed by atoms with E-state index in [0.717, 1.165) is 19.3 Å². The van der Waals surface area contributed by atoms with Gasteiger partial charge in [0.2, 0.25) is 0 Å². The Balaban J connectivity index is 3.27. The fraction of sp³-hybridized carbons (Fsp3) is 0.889. The van der Waals surface area contributed by atoms with Crippen LogP contribution in [-0.4, -0.2) is 45.3 Å². The molecule has 190 valence electrons. The van der Waals surface area contributed by atoms with Gasteiger partial charge in [0, 0.05) is 13.5 Å². The van der Waals surface area contributed by atoms with Crippen molar-refractivity contribution in [3.63, 3.8) is 0 Å². The first kappa shape index (κ1) is 31.1. The highest BCUT2D eigenvalue weighted by Crippen LogP contribution is 2.12. The molecule has 0 N–H and O–H groups in total. The van der Waals surface area contributed by atoms with Crippen LogP contribution in [0, 0.1) is 0 Å². The highest BCUT2D eigenvalue weighted by atomic mass is 16.7. The number of carbonyl (C=O) groups excluding carboxylic acids is 1. The SMILES string of the molecule is CCCCCCCC/C=C\CCCCCCCC(=O)OCCOCOCCC(C)(C)OC. The van der Waals surface area contributed by atoms with Crippen molar-refractivity contribution in [1.29, 1.82) is 0 Å². The Morgan fingerprint density at radius 2 is 1.31 bits per heavy atom. The second-order valence-corrected chi connectivity index (χ2v) is 9.20. The largest absolute Gasteiger partial charge is 0.463 e. The molecule has 0 atom stereocenters. The van der Waals surface area contributed by atoms with Crippen molar-refractivity contribution in [2.75, 3.05) is 33.7 Å². The van der Waals surface area contributed by atoms with Gasteiger partial charge in [-0.15, -0.1) is 0 Å². The molecule has 0 saturated carbocycles. The number of rotatable bonds is 24. The first-order chi connectivity index (χ1) is 15.5. The Labute approximate surface area is 198 Å². The Morgan fingerprint density at radius 3 is 1.94 bits per heavy atom. The van der Waals surface area contributed by atoms with Crippen molar-refractivity contribution < 1.29 is 23.7 Å². The highest BCUT2D eigenvalue weighted by Gasteiger charge is 2.15. The van der Waals surface area contributed by atoms with E-state index in [2.05, 4.69) is 19.1 Å². The van der Waals surface area contributed by atoms with Crippen molar-refractivity contribution in [3.05, 3.63) is 12.2 Å². The molecule has 0 aromatic carbocycles. The topological polar surface area (TPSA) is 54.0 Å². The van der Waals surface area contributed by atoms with Gasteiger partial charge in [-0.25, -0.2) is 0 Å². The number of hydrogen-bond donors (Lipinski definition) is 0. The molecule has 0 amide bonds. The minimum atomic E-state index is -0.181. The van der Waals surface area contributed by atoms with E-state index < -0.39 is 0 Å². The van der Waals surface area contributed by atoms with Crippen molar-refractivity contribution in [2.45, 2.75) is 123 Å². The van der Waals surface area contributed by atoms with E-state index in [9.17, 15) is 4.79 Å². The minimum absolute atomic E-state index is 0.131. The van der Waals surface area contributed by atoms with Crippen LogP contribution in [-0.2, 0) is 23.7 Å². The second-order valence-electron chi connectivity index (χ2n) is 9.20. The van der Waals surface area contributed by atoms with Crippen LogP contribution in [0.3, 0.4) is 0 Å². The summed E-state index contributed by atoms with van der Waals surface area (Å²) in [6.07, 6.45) is 22.3. The molecule has 0 aliphatic heterocycles. The Bertz CT molecular complexity index is 434. The van der Waals surface area contributed by atoms with E-state index in [1.165, 1.54) is 70.6 Å². The van der Waals surface area contributed by atoms with Gasteiger partial charge in [-0.05, 0) is 52.4 Å². The second kappa shape index (κ2) is 23.3. The van der Waals surface area contributed by atoms with Gasteiger partial charge in [0.1, 0.15) is 13.4 Å². The van der Waals surface area contributed by atoms with E-state index in [1.807, 2.05) is 13.8 Å². The molecular weight excluding hydrogens is 404 g/mol. The lowest BCUT2D eigenvalue weighted by atomic mass is 10.1. The molecule has 0 rings (SSSR count). The van der Waals surface area contributed by atoms with E-state index in [-0.39, 0.29) is 25.0 Å². The van der Waals surface area contributed by atoms with Crippen LogP contribution in [0.4, 0.5) is 0 Å². The molecule has 0 aromatic heterocycles. The summed E-state index contributed by atoms with van der Waals surface area (Å²) in [7, 11) is 1.70. The lowest BCUT2D eigenvalue weighted by Gasteiger charge is -2.22. The Morgan fingerprint density at radius 1 is 0.750 bits per heavy atom. The van der Waals surface area contributed by atoms with Crippen molar-refractivity contribution in [2.24, 2.45) is 0 Å². The third-order valence-corrected chi connectivity index (χ3v) is 5.70. The molecule has 0 heterocycles. The fourth-order valence-corrected chi connectivity index (χ4v) is 3.22. The van der Waals surface area contributed by atoms with Gasteiger partial charge in [-0.3, -0.25) is 4.79 Å². The Hall–Kier alpha value is -0.910. The quantitative estimate of drug-likeness (QED) is 0.0656. The van der Waals surface area contributed by atoms with Crippen LogP contribution in [0.1, 0.15) is 117 Å². The van der Waals surface area contributed by atoms with Crippen LogP contribution in [0.15, 0.2) is 12.2 Å². The summed E-state index contributed by atoms with van der Waals surface area (Å²) in [6, 6.07) is 0. The maximum Gasteiger partial charge on any atom is 0.305 e. The predicted molar refractivity (Wildman–Crippen MR) is 133 cm³/mol. The van der Waals surface area contributed by atoms with Crippen LogP contribution in [0.25, 0.3) is 0 Å². The monoisotopic (exact) mass is 456 g/mol. The van der Waals surface area contributed by atoms with Crippen molar-refractivity contribution in [1.82, 2.24) is 0 Å². The van der Waals surface area contributed by atoms with Gasteiger partial charge in [-0.1, -0.05) is 70.4 Å². The number of ether oxygens (including phenoxy) is 4. The predicted octanol–water partition coefficient (Wildman–Crippen LogP) is 7.37. The van der Waals surface area contributed by atoms with Gasteiger partial charge in [0.15, 0.2) is 0 Å². The van der Waals surface area contributed by atoms with E-state index in [1.54, 1.807) is 7.11 Å². The summed E-state index contributed by atoms with van der Waals surface area (Å²) >= 11 is 0. The number of methoxy groups -OCH3 is 1. The number of esters is 1. The summed E-state index contributed by atoms with van der Waals surface area (Å²) < 4.78 is 21.2. The number of allylic oxidation sites excluding steroid dienone is 2. The van der Waals surface area contributed by atoms with E-state index >= 15 is 0 Å². The van der Waals surface area contributed by atoms with Crippen LogP contribution < -0.4 is 0 Å². The average molecular weight is 457 g/mol. The lowest BCUT2D eigenvalue weighted by molar-refractivity contribution is -0.147. The zero-order valence-electron chi connectivity index (χ0n) is 21.6. The molecule has 0 radical (unpaired) electrons. The van der Waals surface area contributed by atoms with Gasteiger partial charge >= 0.3 is 5.97 Å². The number of unbranched alkanes of at least 4 members (excludes halogenated alkanes) is 11. The molecule has 32 heavy (non-hydrogen) atoms. The summed E-state index contributed by atoms with van der Waals surface area (Å²) in [5.41, 5.74) is -0.181.